The Labute approximate surface area is 125 Å². The highest BCUT2D eigenvalue weighted by Crippen LogP contribution is 2.36. The molecule has 0 bridgehead atoms. The molecule has 0 saturated carbocycles. The van der Waals surface area contributed by atoms with E-state index in [9.17, 15) is 17.6 Å². The van der Waals surface area contributed by atoms with Crippen LogP contribution in [0.25, 0.3) is 0 Å². The summed E-state index contributed by atoms with van der Waals surface area (Å²) < 4.78 is 56.6. The fourth-order valence-corrected chi connectivity index (χ4v) is 1.98. The molecule has 0 saturated heterocycles. The van der Waals surface area contributed by atoms with Crippen LogP contribution in [0.1, 0.15) is 5.56 Å². The zero-order valence-corrected chi connectivity index (χ0v) is 12.1. The maximum atomic E-state index is 13.2. The minimum atomic E-state index is -4.80. The van der Waals surface area contributed by atoms with Crippen molar-refractivity contribution in [3.63, 3.8) is 0 Å². The second-order valence-corrected chi connectivity index (χ2v) is 4.63. The first kappa shape index (κ1) is 15.5. The summed E-state index contributed by atoms with van der Waals surface area (Å²) in [7, 11) is 1.61. The van der Waals surface area contributed by atoms with Gasteiger partial charge in [0.1, 0.15) is 28.2 Å². The molecule has 1 N–H and O–H groups in total. The highest BCUT2D eigenvalue weighted by molar-refractivity contribution is 9.10. The van der Waals surface area contributed by atoms with Crippen LogP contribution in [0, 0.1) is 5.82 Å². The molecule has 1 heterocycles. The lowest BCUT2D eigenvalue weighted by molar-refractivity contribution is -0.140. The van der Waals surface area contributed by atoms with Crippen molar-refractivity contribution in [2.45, 2.75) is 6.18 Å². The quantitative estimate of drug-likeness (QED) is 0.826. The second-order valence-electron chi connectivity index (χ2n) is 3.83. The minimum absolute atomic E-state index is 0.00841. The Morgan fingerprint density at radius 3 is 2.57 bits per heavy atom. The molecule has 2 rings (SSSR count). The van der Waals surface area contributed by atoms with Crippen molar-refractivity contribution in [3.05, 3.63) is 40.4 Å². The van der Waals surface area contributed by atoms with Crippen molar-refractivity contribution in [3.8, 4) is 11.6 Å². The van der Waals surface area contributed by atoms with Gasteiger partial charge in [0.15, 0.2) is 0 Å². The van der Waals surface area contributed by atoms with Crippen LogP contribution in [0.15, 0.2) is 29.0 Å². The summed E-state index contributed by atoms with van der Waals surface area (Å²) in [6.45, 7) is 0. The molecule has 21 heavy (non-hydrogen) atoms. The molecule has 0 radical (unpaired) electrons. The van der Waals surface area contributed by atoms with Gasteiger partial charge in [0, 0.05) is 7.05 Å². The molecule has 0 aliphatic carbocycles. The van der Waals surface area contributed by atoms with E-state index in [1.807, 2.05) is 0 Å². The predicted octanol–water partition coefficient (Wildman–Crippen LogP) is 4.23. The Hall–Kier alpha value is -1.90. The van der Waals surface area contributed by atoms with Gasteiger partial charge in [-0.1, -0.05) is 0 Å². The number of aromatic nitrogens is 2. The number of anilines is 1. The summed E-state index contributed by atoms with van der Waals surface area (Å²) in [6, 6.07) is 2.34. The highest BCUT2D eigenvalue weighted by atomic mass is 79.9. The van der Waals surface area contributed by atoms with Crippen molar-refractivity contribution in [1.82, 2.24) is 9.97 Å². The van der Waals surface area contributed by atoms with Crippen LogP contribution in [0.2, 0.25) is 0 Å². The second kappa shape index (κ2) is 5.84. The number of nitrogens with zero attached hydrogens (tertiary/aromatic N) is 2. The Morgan fingerprint density at radius 1 is 1.24 bits per heavy atom. The number of rotatable bonds is 3. The molecule has 0 atom stereocenters. The van der Waals surface area contributed by atoms with E-state index >= 15 is 0 Å². The molecule has 0 unspecified atom stereocenters. The van der Waals surface area contributed by atoms with Crippen molar-refractivity contribution in [2.75, 3.05) is 12.4 Å². The van der Waals surface area contributed by atoms with Crippen molar-refractivity contribution < 1.29 is 22.3 Å². The molecule has 0 amide bonds. The summed E-state index contributed by atoms with van der Waals surface area (Å²) in [4.78, 5) is 7.68. The summed E-state index contributed by atoms with van der Waals surface area (Å²) in [5.74, 6) is -1.15. The predicted molar refractivity (Wildman–Crippen MR) is 70.8 cm³/mol. The smallest absolute Gasteiger partial charge is 0.419 e. The van der Waals surface area contributed by atoms with E-state index < -0.39 is 17.6 Å². The summed E-state index contributed by atoms with van der Waals surface area (Å²) >= 11 is 3.16. The van der Waals surface area contributed by atoms with E-state index in [2.05, 4.69) is 31.2 Å². The number of alkyl halides is 3. The molecule has 4 nitrogen and oxygen atoms in total. The van der Waals surface area contributed by atoms with Crippen molar-refractivity contribution in [2.24, 2.45) is 0 Å². The van der Waals surface area contributed by atoms with Gasteiger partial charge in [-0.15, -0.1) is 0 Å². The number of hydrogen-bond acceptors (Lipinski definition) is 4. The molecule has 0 spiro atoms. The lowest BCUT2D eigenvalue weighted by Gasteiger charge is -2.12. The van der Waals surface area contributed by atoms with Gasteiger partial charge in [0.2, 0.25) is 5.88 Å². The summed E-state index contributed by atoms with van der Waals surface area (Å²) in [6.07, 6.45) is -3.62. The van der Waals surface area contributed by atoms with Gasteiger partial charge in [-0.2, -0.15) is 13.2 Å². The third-order valence-electron chi connectivity index (χ3n) is 2.45. The maximum Gasteiger partial charge on any atom is 0.419 e. The van der Waals surface area contributed by atoms with Gasteiger partial charge >= 0.3 is 6.18 Å². The molecule has 2 aromatic rings. The monoisotopic (exact) mass is 365 g/mol. The average Bonchev–Trinajstić information content (AvgIpc) is 2.42. The van der Waals surface area contributed by atoms with Crippen LogP contribution in [-0.4, -0.2) is 17.0 Å². The standard InChI is InChI=1S/C12H8BrF4N3O/c1-18-10-9(13)11(20-5-19-10)21-6-2-3-8(14)7(4-6)12(15,16)17/h2-5H,1H3,(H,18,19,20). The topological polar surface area (TPSA) is 47.0 Å². The number of ether oxygens (including phenoxy) is 1. The van der Waals surface area contributed by atoms with Crippen molar-refractivity contribution >= 4 is 21.7 Å². The number of benzene rings is 1. The van der Waals surface area contributed by atoms with Gasteiger partial charge < -0.3 is 10.1 Å². The van der Waals surface area contributed by atoms with Gasteiger partial charge in [0.05, 0.1) is 5.56 Å². The number of halogens is 5. The van der Waals surface area contributed by atoms with Gasteiger partial charge in [-0.05, 0) is 34.1 Å². The average molecular weight is 366 g/mol. The lowest BCUT2D eigenvalue weighted by Crippen LogP contribution is -2.08. The molecule has 1 aromatic carbocycles. The third-order valence-corrected chi connectivity index (χ3v) is 3.17. The molecule has 1 aromatic heterocycles. The summed E-state index contributed by atoms with van der Waals surface area (Å²) in [5.41, 5.74) is -1.40. The van der Waals surface area contributed by atoms with Crippen LogP contribution in [0.3, 0.4) is 0 Å². The zero-order valence-electron chi connectivity index (χ0n) is 10.5. The molecular formula is C12H8BrF4N3O. The van der Waals surface area contributed by atoms with E-state index in [-0.39, 0.29) is 11.6 Å². The number of nitrogens with one attached hydrogen (secondary N) is 1. The minimum Gasteiger partial charge on any atom is -0.438 e. The van der Waals surface area contributed by atoms with Gasteiger partial charge in [0.25, 0.3) is 0 Å². The fraction of sp³-hybridized carbons (Fsp3) is 0.167. The first-order valence-electron chi connectivity index (χ1n) is 5.55. The van der Waals surface area contributed by atoms with Crippen LogP contribution in [-0.2, 0) is 6.18 Å². The third kappa shape index (κ3) is 3.41. The molecule has 9 heteroatoms. The molecule has 0 aliphatic rings. The molecular weight excluding hydrogens is 358 g/mol. The van der Waals surface area contributed by atoms with E-state index in [4.69, 9.17) is 4.74 Å². The van der Waals surface area contributed by atoms with Crippen molar-refractivity contribution in [1.29, 1.82) is 0 Å². The lowest BCUT2D eigenvalue weighted by atomic mass is 10.2. The van der Waals surface area contributed by atoms with Gasteiger partial charge in [-0.3, -0.25) is 0 Å². The van der Waals surface area contributed by atoms with E-state index in [0.717, 1.165) is 6.07 Å². The first-order valence-corrected chi connectivity index (χ1v) is 6.35. The zero-order chi connectivity index (χ0) is 15.6. The van der Waals surface area contributed by atoms with Crippen LogP contribution in [0.4, 0.5) is 23.4 Å². The first-order chi connectivity index (χ1) is 9.82. The molecule has 0 fully saturated rings. The largest absolute Gasteiger partial charge is 0.438 e. The maximum absolute atomic E-state index is 13.2. The Kier molecular flexibility index (Phi) is 4.31. The highest BCUT2D eigenvalue weighted by Gasteiger charge is 2.34. The Balaban J connectivity index is 2.37. The van der Waals surface area contributed by atoms with Crippen LogP contribution >= 0.6 is 15.9 Å². The Morgan fingerprint density at radius 2 is 1.95 bits per heavy atom. The molecule has 112 valence electrons. The fourth-order valence-electron chi connectivity index (χ4n) is 1.50. The number of hydrogen-bond donors (Lipinski definition) is 1. The van der Waals surface area contributed by atoms with Gasteiger partial charge in [-0.25, -0.2) is 14.4 Å². The normalized spacial score (nSPS) is 11.3. The molecule has 0 aliphatic heterocycles. The van der Waals surface area contributed by atoms with Crippen LogP contribution in [0.5, 0.6) is 11.6 Å². The Bertz CT molecular complexity index is 663. The van der Waals surface area contributed by atoms with Crippen LogP contribution < -0.4 is 10.1 Å². The van der Waals surface area contributed by atoms with E-state index in [1.54, 1.807) is 7.05 Å². The van der Waals surface area contributed by atoms with E-state index in [0.29, 0.717) is 22.4 Å². The van der Waals surface area contributed by atoms with E-state index in [1.165, 1.54) is 6.33 Å². The SMILES string of the molecule is CNc1ncnc(Oc2ccc(F)c(C(F)(F)F)c2)c1Br. The summed E-state index contributed by atoms with van der Waals surface area (Å²) in [5, 5.41) is 2.75.